The van der Waals surface area contributed by atoms with E-state index in [9.17, 15) is 4.79 Å². The number of ether oxygens (including phenoxy) is 1. The first-order chi connectivity index (χ1) is 22.1. The van der Waals surface area contributed by atoms with Crippen LogP contribution in [0.25, 0.3) is 11.0 Å². The largest absolute Gasteiger partial charge is 0.497 e. The molecule has 232 valence electrons. The topological polar surface area (TPSA) is 86.4 Å². The summed E-state index contributed by atoms with van der Waals surface area (Å²) in [5.41, 5.74) is 6.47. The maximum absolute atomic E-state index is 13.1. The van der Waals surface area contributed by atoms with E-state index in [4.69, 9.17) is 9.72 Å². The monoisotopic (exact) mass is 602 g/mol. The van der Waals surface area contributed by atoms with Gasteiger partial charge in [0.15, 0.2) is 0 Å². The lowest BCUT2D eigenvalue weighted by Gasteiger charge is -2.33. The number of likely N-dealkylation sites (tertiary alicyclic amines) is 1. The van der Waals surface area contributed by atoms with Crippen LogP contribution in [0.15, 0.2) is 97.3 Å². The lowest BCUT2D eigenvalue weighted by atomic mass is 9.94. The Morgan fingerprint density at radius 1 is 1.00 bits per heavy atom. The van der Waals surface area contributed by atoms with E-state index < -0.39 is 0 Å². The number of anilines is 1. The molecule has 8 heteroatoms. The molecule has 2 aromatic heterocycles. The van der Waals surface area contributed by atoms with Crippen molar-refractivity contribution in [1.29, 1.82) is 0 Å². The zero-order valence-corrected chi connectivity index (χ0v) is 26.2. The van der Waals surface area contributed by atoms with Gasteiger partial charge in [0.1, 0.15) is 5.75 Å². The van der Waals surface area contributed by atoms with Crippen LogP contribution in [0, 0.1) is 0 Å². The molecule has 1 atom stereocenters. The standard InChI is InChI=1S/C37H42N6O2/c1-42(36(44)29-7-4-3-5-8-29)26-31(28-11-13-33(45-2)14-12-28)17-22-43-23-18-32(19-24-43)39-37-40-34-10-6-9-30(35(34)41-37)25-27-15-20-38-21-16-27/h3-16,20-21,31-32H,17-19,22-26H2,1-2H3,(H2,39,40,41). The molecule has 1 unspecified atom stereocenters. The molecule has 0 saturated carbocycles. The van der Waals surface area contributed by atoms with E-state index in [2.05, 4.69) is 62.6 Å². The number of nitrogens with zero attached hydrogens (tertiary/aromatic N) is 4. The van der Waals surface area contributed by atoms with Gasteiger partial charge in [-0.25, -0.2) is 4.98 Å². The zero-order valence-electron chi connectivity index (χ0n) is 26.2. The van der Waals surface area contributed by atoms with Crippen molar-refractivity contribution in [2.45, 2.75) is 37.6 Å². The van der Waals surface area contributed by atoms with E-state index in [0.29, 0.717) is 12.6 Å². The van der Waals surface area contributed by atoms with E-state index in [-0.39, 0.29) is 11.8 Å². The van der Waals surface area contributed by atoms with Crippen molar-refractivity contribution in [2.75, 3.05) is 45.7 Å². The molecule has 1 saturated heterocycles. The summed E-state index contributed by atoms with van der Waals surface area (Å²) in [4.78, 5) is 30.1. The molecule has 0 aliphatic carbocycles. The second-order valence-corrected chi connectivity index (χ2v) is 12.0. The maximum Gasteiger partial charge on any atom is 0.253 e. The molecular formula is C37H42N6O2. The second kappa shape index (κ2) is 14.4. The van der Waals surface area contributed by atoms with Crippen LogP contribution in [0.5, 0.6) is 5.75 Å². The Morgan fingerprint density at radius 3 is 2.49 bits per heavy atom. The quantitative estimate of drug-likeness (QED) is 0.172. The summed E-state index contributed by atoms with van der Waals surface area (Å²) >= 11 is 0. The summed E-state index contributed by atoms with van der Waals surface area (Å²) in [5.74, 6) is 1.96. The number of benzene rings is 3. The highest BCUT2D eigenvalue weighted by Gasteiger charge is 2.23. The van der Waals surface area contributed by atoms with Crippen LogP contribution >= 0.6 is 0 Å². The average molecular weight is 603 g/mol. The number of fused-ring (bicyclic) bond motifs is 1. The first kappa shape index (κ1) is 30.3. The maximum atomic E-state index is 13.1. The Bertz CT molecular complexity index is 1660. The zero-order chi connectivity index (χ0) is 31.0. The first-order valence-electron chi connectivity index (χ1n) is 15.9. The minimum absolute atomic E-state index is 0.0519. The van der Waals surface area contributed by atoms with E-state index in [1.165, 1.54) is 16.7 Å². The Morgan fingerprint density at radius 2 is 1.76 bits per heavy atom. The number of imidazole rings is 1. The van der Waals surface area contributed by atoms with Gasteiger partial charge < -0.3 is 24.8 Å². The number of hydrogen-bond donors (Lipinski definition) is 2. The normalized spacial score (nSPS) is 14.7. The number of para-hydroxylation sites is 1. The minimum atomic E-state index is 0.0519. The summed E-state index contributed by atoms with van der Waals surface area (Å²) in [5, 5.41) is 3.68. The summed E-state index contributed by atoms with van der Waals surface area (Å²) in [6.07, 6.45) is 7.59. The van der Waals surface area contributed by atoms with Crippen molar-refractivity contribution in [3.05, 3.63) is 120 Å². The first-order valence-corrected chi connectivity index (χ1v) is 15.9. The van der Waals surface area contributed by atoms with Crippen molar-refractivity contribution >= 4 is 22.9 Å². The van der Waals surface area contributed by atoms with Gasteiger partial charge in [0.05, 0.1) is 18.1 Å². The van der Waals surface area contributed by atoms with Crippen LogP contribution in [0.4, 0.5) is 5.95 Å². The fraction of sp³-hybridized carbons (Fsp3) is 0.324. The molecule has 2 N–H and O–H groups in total. The van der Waals surface area contributed by atoms with Crippen LogP contribution in [-0.4, -0.2) is 77.0 Å². The van der Waals surface area contributed by atoms with Crippen LogP contribution in [0.2, 0.25) is 0 Å². The van der Waals surface area contributed by atoms with Gasteiger partial charge in [-0.05, 0) is 91.4 Å². The number of pyridine rings is 1. The van der Waals surface area contributed by atoms with Gasteiger partial charge >= 0.3 is 0 Å². The van der Waals surface area contributed by atoms with Gasteiger partial charge in [0, 0.05) is 56.6 Å². The fourth-order valence-electron chi connectivity index (χ4n) is 6.31. The smallest absolute Gasteiger partial charge is 0.253 e. The third-order valence-corrected chi connectivity index (χ3v) is 8.91. The second-order valence-electron chi connectivity index (χ2n) is 12.0. The lowest BCUT2D eigenvalue weighted by Crippen LogP contribution is -2.40. The van der Waals surface area contributed by atoms with Crippen LogP contribution in [0.1, 0.15) is 52.2 Å². The van der Waals surface area contributed by atoms with Gasteiger partial charge in [-0.3, -0.25) is 9.78 Å². The summed E-state index contributed by atoms with van der Waals surface area (Å²) in [6.45, 7) is 3.70. The molecule has 45 heavy (non-hydrogen) atoms. The number of aromatic amines is 1. The number of piperidine rings is 1. The SMILES string of the molecule is COc1ccc(C(CCN2CCC(Nc3nc4c(Cc5ccncc5)cccc4[nH]3)CC2)CN(C)C(=O)c2ccccc2)cc1. The van der Waals surface area contributed by atoms with Crippen LogP contribution in [0.3, 0.4) is 0 Å². The minimum Gasteiger partial charge on any atom is -0.497 e. The number of carbonyl (C=O) groups is 1. The Balaban J connectivity index is 1.05. The molecule has 1 fully saturated rings. The summed E-state index contributed by atoms with van der Waals surface area (Å²) in [7, 11) is 3.59. The summed E-state index contributed by atoms with van der Waals surface area (Å²) < 4.78 is 5.39. The van der Waals surface area contributed by atoms with Gasteiger partial charge in [-0.15, -0.1) is 0 Å². The van der Waals surface area contributed by atoms with Gasteiger partial charge in [-0.2, -0.15) is 0 Å². The van der Waals surface area contributed by atoms with Crippen molar-refractivity contribution in [3.63, 3.8) is 0 Å². The lowest BCUT2D eigenvalue weighted by molar-refractivity contribution is 0.0782. The van der Waals surface area contributed by atoms with Crippen LogP contribution in [-0.2, 0) is 6.42 Å². The van der Waals surface area contributed by atoms with E-state index in [1.807, 2.05) is 66.8 Å². The molecule has 5 aromatic rings. The van der Waals surface area contributed by atoms with E-state index in [1.54, 1.807) is 7.11 Å². The number of carbonyl (C=O) groups excluding carboxylic acids is 1. The number of aromatic nitrogens is 3. The molecule has 1 aliphatic heterocycles. The molecule has 8 nitrogen and oxygen atoms in total. The predicted octanol–water partition coefficient (Wildman–Crippen LogP) is 6.38. The third kappa shape index (κ3) is 7.70. The van der Waals surface area contributed by atoms with Gasteiger partial charge in [0.25, 0.3) is 5.91 Å². The Hall–Kier alpha value is -4.69. The van der Waals surface area contributed by atoms with Gasteiger partial charge in [-0.1, -0.05) is 42.5 Å². The highest BCUT2D eigenvalue weighted by molar-refractivity contribution is 5.94. The molecule has 0 bridgehead atoms. The van der Waals surface area contributed by atoms with Crippen molar-refractivity contribution in [2.24, 2.45) is 0 Å². The molecule has 0 spiro atoms. The highest BCUT2D eigenvalue weighted by atomic mass is 16.5. The van der Waals surface area contributed by atoms with Gasteiger partial charge in [0.2, 0.25) is 5.95 Å². The van der Waals surface area contributed by atoms with E-state index in [0.717, 1.165) is 73.6 Å². The molecule has 1 aliphatic rings. The molecule has 3 aromatic carbocycles. The fourth-order valence-corrected chi connectivity index (χ4v) is 6.31. The van der Waals surface area contributed by atoms with Crippen molar-refractivity contribution in [3.8, 4) is 5.75 Å². The molecule has 1 amide bonds. The number of methoxy groups -OCH3 is 1. The van der Waals surface area contributed by atoms with Crippen molar-refractivity contribution < 1.29 is 9.53 Å². The third-order valence-electron chi connectivity index (χ3n) is 8.91. The number of likely N-dealkylation sites (N-methyl/N-ethyl adjacent to an activating group) is 1. The van der Waals surface area contributed by atoms with Crippen LogP contribution < -0.4 is 10.1 Å². The molecular weight excluding hydrogens is 560 g/mol. The van der Waals surface area contributed by atoms with E-state index >= 15 is 0 Å². The van der Waals surface area contributed by atoms with Crippen molar-refractivity contribution in [1.82, 2.24) is 24.8 Å². The average Bonchev–Trinajstić information content (AvgIpc) is 3.51. The number of hydrogen-bond acceptors (Lipinski definition) is 6. The number of H-pyrrole nitrogens is 1. The number of amides is 1. The highest BCUT2D eigenvalue weighted by Crippen LogP contribution is 2.26. The summed E-state index contributed by atoms with van der Waals surface area (Å²) in [6, 6.07) is 28.6. The molecule has 0 radical (unpaired) electrons. The number of nitrogens with one attached hydrogen (secondary N) is 2. The number of rotatable bonds is 12. The Labute approximate surface area is 265 Å². The Kier molecular flexibility index (Phi) is 9.71. The molecule has 6 rings (SSSR count). The predicted molar refractivity (Wildman–Crippen MR) is 180 cm³/mol. The molecule has 3 heterocycles.